The van der Waals surface area contributed by atoms with Gasteiger partial charge in [-0.25, -0.2) is 9.78 Å². The van der Waals surface area contributed by atoms with E-state index in [-0.39, 0.29) is 5.56 Å². The molecule has 0 fully saturated rings. The highest BCUT2D eigenvalue weighted by Crippen LogP contribution is 2.35. The van der Waals surface area contributed by atoms with Crippen molar-refractivity contribution < 1.29 is 9.90 Å². The van der Waals surface area contributed by atoms with E-state index in [9.17, 15) is 9.90 Å². The highest BCUT2D eigenvalue weighted by molar-refractivity contribution is 6.43. The Balaban J connectivity index is 2.61. The molecular formula is C14H7Cl2NO2. The lowest BCUT2D eigenvalue weighted by Crippen LogP contribution is -1.99. The molecule has 3 rings (SSSR count). The number of para-hydroxylation sites is 1. The van der Waals surface area contributed by atoms with Crippen molar-refractivity contribution in [1.82, 2.24) is 4.98 Å². The molecule has 0 aliphatic rings. The lowest BCUT2D eigenvalue weighted by molar-refractivity contribution is 0.0699. The summed E-state index contributed by atoms with van der Waals surface area (Å²) in [7, 11) is 0. The van der Waals surface area contributed by atoms with Crippen molar-refractivity contribution in [2.75, 3.05) is 0 Å². The number of halogens is 2. The summed E-state index contributed by atoms with van der Waals surface area (Å²) in [4.78, 5) is 15.7. The van der Waals surface area contributed by atoms with Crippen LogP contribution in [-0.2, 0) is 0 Å². The van der Waals surface area contributed by atoms with Gasteiger partial charge in [0.05, 0.1) is 26.6 Å². The molecule has 0 aliphatic carbocycles. The first-order chi connectivity index (χ1) is 9.09. The fourth-order valence-electron chi connectivity index (χ4n) is 2.09. The Morgan fingerprint density at radius 1 is 1.11 bits per heavy atom. The number of aromatic nitrogens is 1. The molecule has 0 atom stereocenters. The standard InChI is InChI=1S/C14H7Cl2NO2/c15-9-6-5-8(14(18)19)11-12(16)7-3-1-2-4-10(7)17-13(9)11/h1-6H,(H,18,19). The van der Waals surface area contributed by atoms with Gasteiger partial charge >= 0.3 is 5.97 Å². The molecule has 1 aromatic heterocycles. The fraction of sp³-hybridized carbons (Fsp3) is 0. The van der Waals surface area contributed by atoms with Crippen LogP contribution in [0.2, 0.25) is 10.0 Å². The number of carbonyl (C=O) groups is 1. The number of carboxylic acids is 1. The number of nitrogens with zero attached hydrogens (tertiary/aromatic N) is 1. The van der Waals surface area contributed by atoms with Crippen LogP contribution >= 0.6 is 23.2 Å². The normalized spacial score (nSPS) is 11.1. The smallest absolute Gasteiger partial charge is 0.336 e. The maximum Gasteiger partial charge on any atom is 0.336 e. The molecule has 1 N–H and O–H groups in total. The van der Waals surface area contributed by atoms with Crippen LogP contribution in [0.1, 0.15) is 10.4 Å². The summed E-state index contributed by atoms with van der Waals surface area (Å²) in [6.45, 7) is 0. The second-order valence-corrected chi connectivity index (χ2v) is 4.85. The molecular weight excluding hydrogens is 285 g/mol. The van der Waals surface area contributed by atoms with Gasteiger partial charge in [-0.3, -0.25) is 0 Å². The summed E-state index contributed by atoms with van der Waals surface area (Å²) < 4.78 is 0. The summed E-state index contributed by atoms with van der Waals surface area (Å²) in [6.07, 6.45) is 0. The van der Waals surface area contributed by atoms with Crippen LogP contribution in [0, 0.1) is 0 Å². The van der Waals surface area contributed by atoms with E-state index in [2.05, 4.69) is 4.98 Å². The van der Waals surface area contributed by atoms with Gasteiger partial charge in [0.2, 0.25) is 0 Å². The number of hydrogen-bond acceptors (Lipinski definition) is 2. The molecule has 3 aromatic rings. The minimum absolute atomic E-state index is 0.0997. The quantitative estimate of drug-likeness (QED) is 0.676. The molecule has 0 aliphatic heterocycles. The van der Waals surface area contributed by atoms with E-state index in [1.54, 1.807) is 6.07 Å². The molecule has 0 bridgehead atoms. The highest BCUT2D eigenvalue weighted by atomic mass is 35.5. The third-order valence-corrected chi connectivity index (χ3v) is 3.65. The first kappa shape index (κ1) is 12.2. The predicted molar refractivity (Wildman–Crippen MR) is 76.2 cm³/mol. The van der Waals surface area contributed by atoms with Crippen LogP contribution in [0.15, 0.2) is 36.4 Å². The molecule has 0 saturated heterocycles. The third-order valence-electron chi connectivity index (χ3n) is 2.95. The van der Waals surface area contributed by atoms with Crippen molar-refractivity contribution in [3.63, 3.8) is 0 Å². The second-order valence-electron chi connectivity index (χ2n) is 4.07. The second kappa shape index (κ2) is 4.37. The minimum Gasteiger partial charge on any atom is -0.478 e. The average molecular weight is 292 g/mol. The van der Waals surface area contributed by atoms with Crippen LogP contribution in [0.25, 0.3) is 21.8 Å². The molecule has 0 unspecified atom stereocenters. The molecule has 0 saturated carbocycles. The van der Waals surface area contributed by atoms with E-state index < -0.39 is 5.97 Å². The zero-order valence-electron chi connectivity index (χ0n) is 9.52. The minimum atomic E-state index is -1.05. The molecule has 19 heavy (non-hydrogen) atoms. The monoisotopic (exact) mass is 291 g/mol. The number of carboxylic acid groups (broad SMARTS) is 1. The van der Waals surface area contributed by atoms with E-state index in [1.165, 1.54) is 12.1 Å². The number of hydrogen-bond donors (Lipinski definition) is 1. The van der Waals surface area contributed by atoms with E-state index in [1.807, 2.05) is 18.2 Å². The predicted octanol–water partition coefficient (Wildman–Crippen LogP) is 4.39. The molecule has 3 nitrogen and oxygen atoms in total. The van der Waals surface area contributed by atoms with Gasteiger partial charge < -0.3 is 5.11 Å². The average Bonchev–Trinajstić information content (AvgIpc) is 2.40. The lowest BCUT2D eigenvalue weighted by atomic mass is 10.1. The Bertz CT molecular complexity index is 830. The summed E-state index contributed by atoms with van der Waals surface area (Å²) >= 11 is 12.4. The number of rotatable bonds is 1. The Hall–Kier alpha value is -1.84. The maximum atomic E-state index is 11.3. The molecule has 0 radical (unpaired) electrons. The number of aromatic carboxylic acids is 1. The zero-order chi connectivity index (χ0) is 13.6. The first-order valence-electron chi connectivity index (χ1n) is 5.49. The van der Waals surface area contributed by atoms with Crippen LogP contribution in [0.5, 0.6) is 0 Å². The Kier molecular flexibility index (Phi) is 2.81. The molecule has 5 heteroatoms. The van der Waals surface area contributed by atoms with Crippen molar-refractivity contribution >= 4 is 51.0 Å². The zero-order valence-corrected chi connectivity index (χ0v) is 11.0. The molecule has 0 spiro atoms. The van der Waals surface area contributed by atoms with Crippen molar-refractivity contribution in [3.8, 4) is 0 Å². The molecule has 2 aromatic carbocycles. The van der Waals surface area contributed by atoms with Gasteiger partial charge in [-0.1, -0.05) is 41.4 Å². The number of benzene rings is 2. The molecule has 94 valence electrons. The van der Waals surface area contributed by atoms with E-state index in [0.29, 0.717) is 31.9 Å². The summed E-state index contributed by atoms with van der Waals surface area (Å²) in [5.74, 6) is -1.05. The molecule has 1 heterocycles. The summed E-state index contributed by atoms with van der Waals surface area (Å²) in [5.41, 5.74) is 1.19. The first-order valence-corrected chi connectivity index (χ1v) is 6.25. The van der Waals surface area contributed by atoms with Crippen molar-refractivity contribution in [1.29, 1.82) is 0 Å². The van der Waals surface area contributed by atoms with Gasteiger partial charge in [0.25, 0.3) is 0 Å². The summed E-state index contributed by atoms with van der Waals surface area (Å²) in [5, 5.41) is 11.1. The van der Waals surface area contributed by atoms with Crippen LogP contribution in [0.3, 0.4) is 0 Å². The highest BCUT2D eigenvalue weighted by Gasteiger charge is 2.17. The molecule has 0 amide bonds. The van der Waals surface area contributed by atoms with Gasteiger partial charge in [-0.2, -0.15) is 0 Å². The lowest BCUT2D eigenvalue weighted by Gasteiger charge is -2.09. The van der Waals surface area contributed by atoms with Gasteiger partial charge in [-0.15, -0.1) is 0 Å². The summed E-state index contributed by atoms with van der Waals surface area (Å²) in [6, 6.07) is 10.2. The fourth-order valence-corrected chi connectivity index (χ4v) is 2.64. The Labute approximate surface area is 118 Å². The van der Waals surface area contributed by atoms with Gasteiger partial charge in [0.1, 0.15) is 0 Å². The Morgan fingerprint density at radius 3 is 2.58 bits per heavy atom. The van der Waals surface area contributed by atoms with Gasteiger partial charge in [0.15, 0.2) is 0 Å². The number of fused-ring (bicyclic) bond motifs is 2. The van der Waals surface area contributed by atoms with Crippen LogP contribution in [-0.4, -0.2) is 16.1 Å². The van der Waals surface area contributed by atoms with Crippen LogP contribution < -0.4 is 0 Å². The van der Waals surface area contributed by atoms with E-state index in [0.717, 1.165) is 0 Å². The third kappa shape index (κ3) is 1.82. The SMILES string of the molecule is O=C(O)c1ccc(Cl)c2nc3ccccc3c(Cl)c12. The van der Waals surface area contributed by atoms with Gasteiger partial charge in [0, 0.05) is 10.8 Å². The van der Waals surface area contributed by atoms with Crippen molar-refractivity contribution in [2.24, 2.45) is 0 Å². The number of pyridine rings is 1. The largest absolute Gasteiger partial charge is 0.478 e. The maximum absolute atomic E-state index is 11.3. The van der Waals surface area contributed by atoms with Crippen molar-refractivity contribution in [2.45, 2.75) is 0 Å². The van der Waals surface area contributed by atoms with Crippen LogP contribution in [0.4, 0.5) is 0 Å². The Morgan fingerprint density at radius 2 is 1.84 bits per heavy atom. The topological polar surface area (TPSA) is 50.2 Å². The van der Waals surface area contributed by atoms with E-state index >= 15 is 0 Å². The van der Waals surface area contributed by atoms with E-state index in [4.69, 9.17) is 23.2 Å². The van der Waals surface area contributed by atoms with Gasteiger partial charge in [-0.05, 0) is 18.2 Å². The van der Waals surface area contributed by atoms with Crippen molar-refractivity contribution in [3.05, 3.63) is 52.0 Å².